The Hall–Kier alpha value is -2.55. The van der Waals surface area contributed by atoms with Crippen LogP contribution in [0.5, 0.6) is 5.75 Å². The second kappa shape index (κ2) is 10.1. The van der Waals surface area contributed by atoms with Gasteiger partial charge in [-0.1, -0.05) is 78.9 Å². The molecule has 1 N–H and O–H groups in total. The highest BCUT2D eigenvalue weighted by molar-refractivity contribution is 5.85. The molecule has 1 aliphatic rings. The van der Waals surface area contributed by atoms with Crippen molar-refractivity contribution in [1.29, 1.82) is 0 Å². The van der Waals surface area contributed by atoms with Crippen LogP contribution in [-0.2, 0) is 13.0 Å². The Morgan fingerprint density at radius 3 is 2.50 bits per heavy atom. The normalized spacial score (nSPS) is 12.9. The average Bonchev–Trinajstić information content (AvgIpc) is 2.74. The number of aryl methyl sites for hydroxylation is 1. The number of hydrogen-bond acceptors (Lipinski definition) is 2. The lowest BCUT2D eigenvalue weighted by Gasteiger charge is -2.17. The van der Waals surface area contributed by atoms with Crippen LogP contribution in [0.15, 0.2) is 78.9 Å². The fourth-order valence-electron chi connectivity index (χ4n) is 3.41. The zero-order valence-corrected chi connectivity index (χ0v) is 16.8. The minimum absolute atomic E-state index is 0. The third kappa shape index (κ3) is 5.25. The Bertz CT molecular complexity index is 904. The molecule has 0 fully saturated rings. The molecular weight excluding hydrogens is 366 g/mol. The largest absolute Gasteiger partial charge is 0.493 e. The molecule has 0 aromatic heterocycles. The van der Waals surface area contributed by atoms with Crippen LogP contribution in [0.3, 0.4) is 0 Å². The van der Waals surface area contributed by atoms with Gasteiger partial charge in [0.1, 0.15) is 5.75 Å². The number of fused-ring (bicyclic) bond motifs is 1. The van der Waals surface area contributed by atoms with Crippen molar-refractivity contribution in [1.82, 2.24) is 5.32 Å². The van der Waals surface area contributed by atoms with Crippen molar-refractivity contribution in [2.24, 2.45) is 0 Å². The first-order valence-electron chi connectivity index (χ1n) is 9.66. The van der Waals surface area contributed by atoms with Crippen LogP contribution in [0.25, 0.3) is 17.2 Å². The van der Waals surface area contributed by atoms with Gasteiger partial charge < -0.3 is 10.1 Å². The Morgan fingerprint density at radius 2 is 1.68 bits per heavy atom. The van der Waals surface area contributed by atoms with Crippen molar-refractivity contribution >= 4 is 18.5 Å². The predicted octanol–water partition coefficient (Wildman–Crippen LogP) is 5.90. The third-order valence-corrected chi connectivity index (χ3v) is 4.90. The topological polar surface area (TPSA) is 21.3 Å². The molecule has 28 heavy (non-hydrogen) atoms. The summed E-state index contributed by atoms with van der Waals surface area (Å²) in [6.45, 7) is 2.54. The third-order valence-electron chi connectivity index (χ3n) is 4.90. The second-order valence-electron chi connectivity index (χ2n) is 6.92. The predicted molar refractivity (Wildman–Crippen MR) is 120 cm³/mol. The highest BCUT2D eigenvalue weighted by atomic mass is 35.5. The molecule has 0 saturated heterocycles. The molecule has 4 rings (SSSR count). The molecule has 0 radical (unpaired) electrons. The van der Waals surface area contributed by atoms with Gasteiger partial charge in [-0.15, -0.1) is 12.4 Å². The summed E-state index contributed by atoms with van der Waals surface area (Å²) in [6.07, 6.45) is 6.60. The number of rotatable bonds is 6. The highest BCUT2D eigenvalue weighted by Gasteiger charge is 2.10. The minimum atomic E-state index is 0. The minimum Gasteiger partial charge on any atom is -0.493 e. The highest BCUT2D eigenvalue weighted by Crippen LogP contribution is 2.25. The smallest absolute Gasteiger partial charge is 0.122 e. The van der Waals surface area contributed by atoms with Gasteiger partial charge >= 0.3 is 0 Å². The maximum atomic E-state index is 5.75. The maximum Gasteiger partial charge on any atom is 0.122 e. The van der Waals surface area contributed by atoms with E-state index in [2.05, 4.69) is 84.2 Å². The van der Waals surface area contributed by atoms with Gasteiger partial charge in [-0.25, -0.2) is 0 Å². The van der Waals surface area contributed by atoms with E-state index in [1.54, 1.807) is 0 Å². The van der Waals surface area contributed by atoms with E-state index in [4.69, 9.17) is 4.74 Å². The van der Waals surface area contributed by atoms with Crippen LogP contribution in [0, 0.1) is 0 Å². The summed E-state index contributed by atoms with van der Waals surface area (Å²) in [5, 5.41) is 3.47. The van der Waals surface area contributed by atoms with Gasteiger partial charge in [-0.3, -0.25) is 0 Å². The summed E-state index contributed by atoms with van der Waals surface area (Å²) in [7, 11) is 0. The van der Waals surface area contributed by atoms with E-state index in [-0.39, 0.29) is 12.4 Å². The lowest BCUT2D eigenvalue weighted by atomic mass is 10.0. The first kappa shape index (κ1) is 20.2. The van der Waals surface area contributed by atoms with Crippen molar-refractivity contribution in [3.05, 3.63) is 95.6 Å². The summed E-state index contributed by atoms with van der Waals surface area (Å²) >= 11 is 0. The van der Waals surface area contributed by atoms with Crippen LogP contribution in [0.4, 0.5) is 0 Å². The molecule has 3 aromatic carbocycles. The van der Waals surface area contributed by atoms with Gasteiger partial charge in [0.25, 0.3) is 0 Å². The van der Waals surface area contributed by atoms with Gasteiger partial charge in [0.05, 0.1) is 6.61 Å². The van der Waals surface area contributed by atoms with Crippen molar-refractivity contribution in [3.63, 3.8) is 0 Å². The fraction of sp³-hybridized carbons (Fsp3) is 0.200. The van der Waals surface area contributed by atoms with E-state index in [1.165, 1.54) is 27.8 Å². The molecular formula is C25H26ClNO. The zero-order valence-electron chi connectivity index (χ0n) is 15.9. The van der Waals surface area contributed by atoms with Crippen molar-refractivity contribution in [2.75, 3.05) is 13.2 Å². The van der Waals surface area contributed by atoms with E-state index in [0.29, 0.717) is 0 Å². The number of nitrogens with one attached hydrogen (secondary N) is 1. The molecule has 0 amide bonds. The van der Waals surface area contributed by atoms with E-state index < -0.39 is 0 Å². The molecule has 0 unspecified atom stereocenters. The van der Waals surface area contributed by atoms with Gasteiger partial charge in [0.15, 0.2) is 0 Å². The second-order valence-corrected chi connectivity index (χ2v) is 6.92. The lowest BCUT2D eigenvalue weighted by Crippen LogP contribution is -2.14. The van der Waals surface area contributed by atoms with Crippen molar-refractivity contribution in [3.8, 4) is 16.9 Å². The summed E-state index contributed by atoms with van der Waals surface area (Å²) in [4.78, 5) is 0. The molecule has 144 valence electrons. The molecule has 1 aliphatic heterocycles. The molecule has 0 saturated carbocycles. The van der Waals surface area contributed by atoms with E-state index in [1.807, 2.05) is 6.07 Å². The van der Waals surface area contributed by atoms with E-state index in [0.717, 1.165) is 38.3 Å². The van der Waals surface area contributed by atoms with E-state index >= 15 is 0 Å². The summed E-state index contributed by atoms with van der Waals surface area (Å²) in [5.41, 5.74) is 6.34. The standard InChI is InChI=1S/C25H25NO.ClH/c1-2-7-22(8-3-1)23-13-10-20(11-14-23)6-4-16-26-19-21-12-15-24-9-5-17-27-25(24)18-21;/h1-4,6-8,10-15,18,26H,5,9,16-17,19H2;1H/b6-4+;. The Balaban J connectivity index is 0.00000225. The Kier molecular flexibility index (Phi) is 7.30. The molecule has 0 bridgehead atoms. The van der Waals surface area contributed by atoms with Gasteiger partial charge in [0, 0.05) is 13.1 Å². The van der Waals surface area contributed by atoms with Crippen LogP contribution < -0.4 is 10.1 Å². The fourth-order valence-corrected chi connectivity index (χ4v) is 3.41. The average molecular weight is 392 g/mol. The molecule has 2 nitrogen and oxygen atoms in total. The van der Waals surface area contributed by atoms with Gasteiger partial charge in [-0.2, -0.15) is 0 Å². The van der Waals surface area contributed by atoms with Crippen LogP contribution in [-0.4, -0.2) is 13.2 Å². The van der Waals surface area contributed by atoms with Gasteiger partial charge in [0.2, 0.25) is 0 Å². The first-order chi connectivity index (χ1) is 13.4. The number of hydrogen-bond donors (Lipinski definition) is 1. The quantitative estimate of drug-likeness (QED) is 0.528. The van der Waals surface area contributed by atoms with E-state index in [9.17, 15) is 0 Å². The summed E-state index contributed by atoms with van der Waals surface area (Å²) < 4.78 is 5.75. The monoisotopic (exact) mass is 391 g/mol. The zero-order chi connectivity index (χ0) is 18.3. The number of ether oxygens (including phenoxy) is 1. The van der Waals surface area contributed by atoms with Crippen LogP contribution in [0.2, 0.25) is 0 Å². The molecule has 3 heteroatoms. The SMILES string of the molecule is C(=C\c1ccc(-c2ccccc2)cc1)/CNCc1ccc2c(c1)OCCC2.Cl. The summed E-state index contributed by atoms with van der Waals surface area (Å²) in [6, 6.07) is 25.7. The van der Waals surface area contributed by atoms with Crippen molar-refractivity contribution < 1.29 is 4.74 Å². The maximum absolute atomic E-state index is 5.75. The number of halogens is 1. The molecule has 0 atom stereocenters. The first-order valence-corrected chi connectivity index (χ1v) is 9.66. The van der Waals surface area contributed by atoms with Gasteiger partial charge in [-0.05, 0) is 46.7 Å². The molecule has 0 aliphatic carbocycles. The van der Waals surface area contributed by atoms with Crippen LogP contribution >= 0.6 is 12.4 Å². The lowest BCUT2D eigenvalue weighted by molar-refractivity contribution is 0.288. The van der Waals surface area contributed by atoms with Crippen LogP contribution in [0.1, 0.15) is 23.1 Å². The molecule has 1 heterocycles. The molecule has 3 aromatic rings. The Labute approximate surface area is 173 Å². The van der Waals surface area contributed by atoms with Crippen molar-refractivity contribution in [2.45, 2.75) is 19.4 Å². The number of benzene rings is 3. The molecule has 0 spiro atoms. The Morgan fingerprint density at radius 1 is 0.893 bits per heavy atom. The summed E-state index contributed by atoms with van der Waals surface area (Å²) in [5.74, 6) is 1.06.